The lowest BCUT2D eigenvalue weighted by molar-refractivity contribution is -0.138. The van der Waals surface area contributed by atoms with Crippen molar-refractivity contribution in [2.75, 3.05) is 20.2 Å². The second-order valence-electron chi connectivity index (χ2n) is 4.72. The van der Waals surface area contributed by atoms with Gasteiger partial charge in [0.15, 0.2) is 0 Å². The van der Waals surface area contributed by atoms with Crippen molar-refractivity contribution in [1.82, 2.24) is 4.90 Å². The standard InChI is InChI=1S/C15H19NO4/c1-3-6-16(10-15(17)18)9-13-8-11-7-12(19-2)4-5-14(11)20-13/h4-5,7-8H,3,6,9-10H2,1-2H3,(H,17,18). The molecule has 0 bridgehead atoms. The Bertz CT molecular complexity index is 591. The maximum atomic E-state index is 10.8. The maximum Gasteiger partial charge on any atom is 0.317 e. The molecule has 0 atom stereocenters. The van der Waals surface area contributed by atoms with Gasteiger partial charge in [-0.2, -0.15) is 0 Å². The number of aliphatic carboxylic acids is 1. The summed E-state index contributed by atoms with van der Waals surface area (Å²) in [6.07, 6.45) is 0.904. The van der Waals surface area contributed by atoms with E-state index in [1.807, 2.05) is 36.1 Å². The Hall–Kier alpha value is -2.01. The molecule has 0 aliphatic rings. The molecule has 0 radical (unpaired) electrons. The summed E-state index contributed by atoms with van der Waals surface area (Å²) in [7, 11) is 1.62. The quantitative estimate of drug-likeness (QED) is 0.843. The number of carbonyl (C=O) groups is 1. The molecule has 0 aliphatic carbocycles. The van der Waals surface area contributed by atoms with Crippen LogP contribution in [0, 0.1) is 0 Å². The number of carboxylic acids is 1. The van der Waals surface area contributed by atoms with Gasteiger partial charge >= 0.3 is 5.97 Å². The molecule has 2 aromatic rings. The van der Waals surface area contributed by atoms with Gasteiger partial charge in [-0.15, -0.1) is 0 Å². The van der Waals surface area contributed by atoms with Crippen molar-refractivity contribution in [1.29, 1.82) is 0 Å². The highest BCUT2D eigenvalue weighted by atomic mass is 16.5. The second kappa shape index (κ2) is 6.43. The summed E-state index contributed by atoms with van der Waals surface area (Å²) in [6.45, 7) is 3.27. The average molecular weight is 277 g/mol. The molecule has 0 amide bonds. The van der Waals surface area contributed by atoms with E-state index in [4.69, 9.17) is 14.3 Å². The van der Waals surface area contributed by atoms with Crippen molar-refractivity contribution in [3.8, 4) is 5.75 Å². The van der Waals surface area contributed by atoms with Crippen molar-refractivity contribution in [2.45, 2.75) is 19.9 Å². The van der Waals surface area contributed by atoms with Gasteiger partial charge in [-0.05, 0) is 37.2 Å². The number of rotatable bonds is 7. The minimum Gasteiger partial charge on any atom is -0.497 e. The fourth-order valence-corrected chi connectivity index (χ4v) is 2.22. The summed E-state index contributed by atoms with van der Waals surface area (Å²) in [5.41, 5.74) is 0.785. The van der Waals surface area contributed by atoms with Crippen LogP contribution in [0.25, 0.3) is 11.0 Å². The Balaban J connectivity index is 2.16. The lowest BCUT2D eigenvalue weighted by atomic mass is 10.2. The van der Waals surface area contributed by atoms with E-state index in [-0.39, 0.29) is 6.54 Å². The van der Waals surface area contributed by atoms with Gasteiger partial charge in [0.25, 0.3) is 0 Å². The van der Waals surface area contributed by atoms with Crippen LogP contribution in [0.2, 0.25) is 0 Å². The SMILES string of the molecule is CCCN(CC(=O)O)Cc1cc2cc(OC)ccc2o1. The van der Waals surface area contributed by atoms with Crippen molar-refractivity contribution >= 4 is 16.9 Å². The molecule has 0 aliphatic heterocycles. The first kappa shape index (κ1) is 14.4. The summed E-state index contributed by atoms with van der Waals surface area (Å²) in [5, 5.41) is 9.87. The first-order valence-corrected chi connectivity index (χ1v) is 6.63. The predicted molar refractivity (Wildman–Crippen MR) is 76.0 cm³/mol. The van der Waals surface area contributed by atoms with Gasteiger partial charge in [0.05, 0.1) is 20.2 Å². The van der Waals surface area contributed by atoms with E-state index < -0.39 is 5.97 Å². The highest BCUT2D eigenvalue weighted by Crippen LogP contribution is 2.24. The molecule has 0 spiro atoms. The fourth-order valence-electron chi connectivity index (χ4n) is 2.22. The summed E-state index contributed by atoms with van der Waals surface area (Å²) >= 11 is 0. The number of benzene rings is 1. The van der Waals surface area contributed by atoms with Crippen LogP contribution in [0.4, 0.5) is 0 Å². The van der Waals surface area contributed by atoms with Crippen molar-refractivity contribution in [3.05, 3.63) is 30.0 Å². The number of hydrogen-bond donors (Lipinski definition) is 1. The van der Waals surface area contributed by atoms with Gasteiger partial charge in [0, 0.05) is 5.39 Å². The van der Waals surface area contributed by atoms with Crippen LogP contribution in [-0.2, 0) is 11.3 Å². The zero-order valence-corrected chi connectivity index (χ0v) is 11.8. The molecule has 1 heterocycles. The Kier molecular flexibility index (Phi) is 4.63. The van der Waals surface area contributed by atoms with Crippen LogP contribution in [0.1, 0.15) is 19.1 Å². The minimum absolute atomic E-state index is 0.0220. The van der Waals surface area contributed by atoms with Gasteiger partial charge in [-0.1, -0.05) is 6.92 Å². The zero-order valence-electron chi connectivity index (χ0n) is 11.8. The van der Waals surface area contributed by atoms with Crippen molar-refractivity contribution in [3.63, 3.8) is 0 Å². The van der Waals surface area contributed by atoms with Crippen molar-refractivity contribution < 1.29 is 19.1 Å². The zero-order chi connectivity index (χ0) is 14.5. The Labute approximate surface area is 117 Å². The van der Waals surface area contributed by atoms with E-state index >= 15 is 0 Å². The molecule has 1 aromatic carbocycles. The van der Waals surface area contributed by atoms with Crippen LogP contribution < -0.4 is 4.74 Å². The normalized spacial score (nSPS) is 11.2. The molecule has 0 saturated heterocycles. The third-order valence-corrected chi connectivity index (χ3v) is 3.05. The molecular formula is C15H19NO4. The summed E-state index contributed by atoms with van der Waals surface area (Å²) in [5.74, 6) is 0.722. The van der Waals surface area contributed by atoms with Gasteiger partial charge in [0.2, 0.25) is 0 Å². The van der Waals surface area contributed by atoms with E-state index in [0.717, 1.165) is 35.4 Å². The minimum atomic E-state index is -0.823. The van der Waals surface area contributed by atoms with Crippen LogP contribution in [-0.4, -0.2) is 36.2 Å². The number of carboxylic acid groups (broad SMARTS) is 1. The molecule has 108 valence electrons. The van der Waals surface area contributed by atoms with Gasteiger partial charge in [0.1, 0.15) is 17.1 Å². The molecule has 0 fully saturated rings. The Morgan fingerprint density at radius 3 is 2.85 bits per heavy atom. The monoisotopic (exact) mass is 277 g/mol. The first-order valence-electron chi connectivity index (χ1n) is 6.63. The summed E-state index contributed by atoms with van der Waals surface area (Å²) < 4.78 is 10.9. The molecule has 5 heteroatoms. The smallest absolute Gasteiger partial charge is 0.317 e. The highest BCUT2D eigenvalue weighted by Gasteiger charge is 2.12. The lowest BCUT2D eigenvalue weighted by Gasteiger charge is -2.17. The molecule has 0 unspecified atom stereocenters. The number of fused-ring (bicyclic) bond motifs is 1. The highest BCUT2D eigenvalue weighted by molar-refractivity contribution is 5.79. The van der Waals surface area contributed by atoms with Gasteiger partial charge in [-0.25, -0.2) is 0 Å². The molecule has 1 N–H and O–H groups in total. The Morgan fingerprint density at radius 1 is 1.40 bits per heavy atom. The first-order chi connectivity index (χ1) is 9.62. The van der Waals surface area contributed by atoms with E-state index in [1.54, 1.807) is 7.11 Å². The average Bonchev–Trinajstić information content (AvgIpc) is 2.79. The van der Waals surface area contributed by atoms with E-state index in [2.05, 4.69) is 0 Å². The van der Waals surface area contributed by atoms with Crippen LogP contribution >= 0.6 is 0 Å². The number of furan rings is 1. The molecule has 0 saturated carbocycles. The fraction of sp³-hybridized carbons (Fsp3) is 0.400. The van der Waals surface area contributed by atoms with Crippen molar-refractivity contribution in [2.24, 2.45) is 0 Å². The molecular weight excluding hydrogens is 258 g/mol. The number of nitrogens with zero attached hydrogens (tertiary/aromatic N) is 1. The molecule has 20 heavy (non-hydrogen) atoms. The third kappa shape index (κ3) is 3.51. The van der Waals surface area contributed by atoms with Gasteiger partial charge in [-0.3, -0.25) is 9.69 Å². The van der Waals surface area contributed by atoms with E-state index in [9.17, 15) is 4.79 Å². The summed E-state index contributed by atoms with van der Waals surface area (Å²) in [6, 6.07) is 7.54. The van der Waals surface area contributed by atoms with Gasteiger partial charge < -0.3 is 14.3 Å². The maximum absolute atomic E-state index is 10.8. The van der Waals surface area contributed by atoms with Crippen LogP contribution in [0.15, 0.2) is 28.7 Å². The van der Waals surface area contributed by atoms with Crippen LogP contribution in [0.3, 0.4) is 0 Å². The number of hydrogen-bond acceptors (Lipinski definition) is 4. The molecule has 1 aromatic heterocycles. The van der Waals surface area contributed by atoms with E-state index in [0.29, 0.717) is 6.54 Å². The summed E-state index contributed by atoms with van der Waals surface area (Å²) in [4.78, 5) is 12.7. The number of methoxy groups -OCH3 is 1. The second-order valence-corrected chi connectivity index (χ2v) is 4.72. The predicted octanol–water partition coefficient (Wildman–Crippen LogP) is 2.74. The van der Waals surface area contributed by atoms with Crippen LogP contribution in [0.5, 0.6) is 5.75 Å². The third-order valence-electron chi connectivity index (χ3n) is 3.05. The molecule has 2 rings (SSSR count). The lowest BCUT2D eigenvalue weighted by Crippen LogP contribution is -2.29. The topological polar surface area (TPSA) is 62.9 Å². The largest absolute Gasteiger partial charge is 0.497 e. The number of ether oxygens (including phenoxy) is 1. The Morgan fingerprint density at radius 2 is 2.20 bits per heavy atom. The van der Waals surface area contributed by atoms with E-state index in [1.165, 1.54) is 0 Å². The molecule has 5 nitrogen and oxygen atoms in total.